The van der Waals surface area contributed by atoms with Crippen molar-refractivity contribution in [3.05, 3.63) is 90.6 Å². The van der Waals surface area contributed by atoms with E-state index in [1.54, 1.807) is 0 Å². The summed E-state index contributed by atoms with van der Waals surface area (Å²) < 4.78 is 0.953. The van der Waals surface area contributed by atoms with Crippen LogP contribution >= 0.6 is 0 Å². The number of piperidine rings is 3. The maximum absolute atomic E-state index is 11.7. The summed E-state index contributed by atoms with van der Waals surface area (Å²) in [6.45, 7) is 7.32. The molecule has 3 aliphatic rings. The molecule has 0 spiro atoms. The first kappa shape index (κ1) is 18.5. The monoisotopic (exact) mass is 385 g/mol. The van der Waals surface area contributed by atoms with Crippen LogP contribution < -0.4 is 0 Å². The number of hydrogen-bond acceptors (Lipinski definition) is 2. The van der Waals surface area contributed by atoms with Gasteiger partial charge < -0.3 is 9.59 Å². The van der Waals surface area contributed by atoms with E-state index in [1.807, 2.05) is 30.5 Å². The van der Waals surface area contributed by atoms with Gasteiger partial charge in [0, 0.05) is 35.9 Å². The van der Waals surface area contributed by atoms with Gasteiger partial charge in [-0.1, -0.05) is 54.6 Å². The van der Waals surface area contributed by atoms with Gasteiger partial charge in [0.2, 0.25) is 0 Å². The average Bonchev–Trinajstić information content (AvgIpc) is 2.78. The lowest BCUT2D eigenvalue weighted by molar-refractivity contribution is -0.984. The second-order valence-corrected chi connectivity index (χ2v) is 8.88. The average molecular weight is 386 g/mol. The Morgan fingerprint density at radius 2 is 1.90 bits per heavy atom. The van der Waals surface area contributed by atoms with E-state index in [0.29, 0.717) is 11.8 Å². The third-order valence-corrected chi connectivity index (χ3v) is 7.38. The molecule has 2 bridgehead atoms. The Morgan fingerprint density at radius 1 is 1.10 bits per heavy atom. The quantitative estimate of drug-likeness (QED) is 0.502. The molecule has 0 saturated carbocycles. The smallest absolute Gasteiger partial charge is 0.131 e. The zero-order valence-electron chi connectivity index (χ0n) is 16.8. The normalized spacial score (nSPS) is 29.6. The molecule has 3 heteroatoms. The van der Waals surface area contributed by atoms with Crippen LogP contribution in [0, 0.1) is 11.8 Å². The second kappa shape index (κ2) is 7.40. The number of nitrogens with zero attached hydrogens (tertiary/aromatic N) is 2. The molecule has 3 fully saturated rings. The Bertz CT molecular complexity index is 1010. The Balaban J connectivity index is 1.56. The molecule has 148 valence electrons. The fraction of sp³-hybridized carbons (Fsp3) is 0.346. The molecule has 2 aromatic carbocycles. The van der Waals surface area contributed by atoms with E-state index in [9.17, 15) is 5.11 Å². The van der Waals surface area contributed by atoms with Crippen molar-refractivity contribution in [1.29, 1.82) is 0 Å². The van der Waals surface area contributed by atoms with Gasteiger partial charge in [0.1, 0.15) is 18.7 Å². The van der Waals surface area contributed by atoms with Crippen LogP contribution in [0.5, 0.6) is 0 Å². The Labute approximate surface area is 172 Å². The Morgan fingerprint density at radius 3 is 2.72 bits per heavy atom. The summed E-state index contributed by atoms with van der Waals surface area (Å²) in [5.41, 5.74) is 3.33. The topological polar surface area (TPSA) is 33.1 Å². The van der Waals surface area contributed by atoms with E-state index in [-0.39, 0.29) is 6.04 Å². The largest absolute Gasteiger partial charge is 0.382 e. The molecule has 0 amide bonds. The molecule has 4 heterocycles. The van der Waals surface area contributed by atoms with Crippen LogP contribution in [0.3, 0.4) is 0 Å². The zero-order chi connectivity index (χ0) is 19.8. The lowest BCUT2D eigenvalue weighted by Gasteiger charge is -2.58. The predicted molar refractivity (Wildman–Crippen MR) is 117 cm³/mol. The number of pyridine rings is 1. The molecule has 1 aromatic heterocycles. The molecular weight excluding hydrogens is 356 g/mol. The number of aliphatic hydroxyl groups excluding tert-OH is 1. The first-order chi connectivity index (χ1) is 14.2. The lowest BCUT2D eigenvalue weighted by atomic mass is 9.71. The number of benzene rings is 2. The highest BCUT2D eigenvalue weighted by Crippen LogP contribution is 2.47. The van der Waals surface area contributed by atoms with Crippen molar-refractivity contribution in [3.8, 4) is 0 Å². The van der Waals surface area contributed by atoms with E-state index in [4.69, 9.17) is 0 Å². The van der Waals surface area contributed by atoms with Gasteiger partial charge in [0.05, 0.1) is 18.6 Å². The predicted octanol–water partition coefficient (Wildman–Crippen LogP) is 4.88. The number of para-hydroxylation sites is 1. The van der Waals surface area contributed by atoms with Crippen LogP contribution in [0.15, 0.2) is 79.5 Å². The fourth-order valence-corrected chi connectivity index (χ4v) is 5.91. The first-order valence-electron chi connectivity index (χ1n) is 10.7. The summed E-state index contributed by atoms with van der Waals surface area (Å²) in [5, 5.41) is 12.8. The number of rotatable bonds is 5. The fourth-order valence-electron chi connectivity index (χ4n) is 5.91. The molecule has 2 unspecified atom stereocenters. The molecule has 5 atom stereocenters. The van der Waals surface area contributed by atoms with E-state index in [1.165, 1.54) is 12.0 Å². The minimum Gasteiger partial charge on any atom is -0.382 e. The summed E-state index contributed by atoms with van der Waals surface area (Å²) in [7, 11) is 0. The third kappa shape index (κ3) is 3.19. The summed E-state index contributed by atoms with van der Waals surface area (Å²) in [5.74, 6) is 1.18. The minimum absolute atomic E-state index is 0.205. The number of fused-ring (bicyclic) bond motifs is 4. The highest BCUT2D eigenvalue weighted by atomic mass is 16.3. The number of aromatic nitrogens is 1. The van der Waals surface area contributed by atoms with Crippen molar-refractivity contribution < 1.29 is 9.59 Å². The highest BCUT2D eigenvalue weighted by Gasteiger charge is 2.53. The number of quaternary nitrogens is 1. The van der Waals surface area contributed by atoms with Crippen LogP contribution in [-0.2, 0) is 6.54 Å². The van der Waals surface area contributed by atoms with Gasteiger partial charge in [-0.3, -0.25) is 4.98 Å². The molecule has 3 saturated heterocycles. The van der Waals surface area contributed by atoms with Gasteiger partial charge in [-0.25, -0.2) is 0 Å². The van der Waals surface area contributed by atoms with Crippen LogP contribution in [-0.4, -0.2) is 33.7 Å². The van der Waals surface area contributed by atoms with Crippen molar-refractivity contribution in [2.24, 2.45) is 11.8 Å². The molecule has 6 rings (SSSR count). The van der Waals surface area contributed by atoms with E-state index in [2.05, 4.69) is 54.0 Å². The molecule has 3 aromatic rings. The zero-order valence-corrected chi connectivity index (χ0v) is 16.8. The first-order valence-corrected chi connectivity index (χ1v) is 10.7. The van der Waals surface area contributed by atoms with E-state index >= 15 is 0 Å². The van der Waals surface area contributed by atoms with Gasteiger partial charge in [-0.05, 0) is 23.6 Å². The van der Waals surface area contributed by atoms with Crippen molar-refractivity contribution >= 4 is 10.9 Å². The third-order valence-electron chi connectivity index (χ3n) is 7.38. The molecule has 0 aliphatic carbocycles. The molecule has 29 heavy (non-hydrogen) atoms. The van der Waals surface area contributed by atoms with Gasteiger partial charge >= 0.3 is 0 Å². The Hall–Kier alpha value is -2.49. The van der Waals surface area contributed by atoms with Crippen molar-refractivity contribution in [1.82, 2.24) is 4.98 Å². The van der Waals surface area contributed by atoms with E-state index in [0.717, 1.165) is 47.0 Å². The highest BCUT2D eigenvalue weighted by molar-refractivity contribution is 5.82. The van der Waals surface area contributed by atoms with Crippen LogP contribution in [0.2, 0.25) is 0 Å². The second-order valence-electron chi connectivity index (χ2n) is 8.88. The van der Waals surface area contributed by atoms with Crippen LogP contribution in [0.4, 0.5) is 0 Å². The summed E-state index contributed by atoms with van der Waals surface area (Å²) in [6.07, 6.45) is 5.79. The van der Waals surface area contributed by atoms with Gasteiger partial charge in [0.25, 0.3) is 0 Å². The molecule has 0 radical (unpaired) electrons. The number of hydrogen-bond donors (Lipinski definition) is 1. The minimum atomic E-state index is -0.486. The van der Waals surface area contributed by atoms with Crippen LogP contribution in [0.1, 0.15) is 30.1 Å². The SMILES string of the molecule is C=CC1C[N+]2(Cc3ccccc3)CC[C@H]1C[C@H]2[C@H](O)c1ccnc2ccccc12. The van der Waals surface area contributed by atoms with Crippen LogP contribution in [0.25, 0.3) is 10.9 Å². The van der Waals surface area contributed by atoms with Gasteiger partial charge in [0.15, 0.2) is 0 Å². The molecule has 3 nitrogen and oxygen atoms in total. The maximum atomic E-state index is 11.7. The van der Waals surface area contributed by atoms with E-state index < -0.39 is 6.10 Å². The van der Waals surface area contributed by atoms with Crippen molar-refractivity contribution in [2.75, 3.05) is 13.1 Å². The number of aliphatic hydroxyl groups is 1. The van der Waals surface area contributed by atoms with Crippen molar-refractivity contribution in [2.45, 2.75) is 31.5 Å². The van der Waals surface area contributed by atoms with Gasteiger partial charge in [-0.15, -0.1) is 6.58 Å². The maximum Gasteiger partial charge on any atom is 0.131 e. The summed E-state index contributed by atoms with van der Waals surface area (Å²) in [6, 6.07) is 21.2. The Kier molecular flexibility index (Phi) is 4.73. The molecular formula is C26H29N2O+. The molecule has 3 aliphatic heterocycles. The standard InChI is InChI=1S/C26H29N2O/c1-2-20-18-28(17-19-8-4-3-5-9-19)15-13-21(20)16-25(28)26(29)23-12-14-27-24-11-7-6-10-22(23)24/h2-12,14,20-21,25-26,29H,1,13,15-18H2/q+1/t20?,21-,25-,26+,28?/m0/s1. The van der Waals surface area contributed by atoms with Crippen molar-refractivity contribution in [3.63, 3.8) is 0 Å². The van der Waals surface area contributed by atoms with Gasteiger partial charge in [-0.2, -0.15) is 0 Å². The lowest BCUT2D eigenvalue weighted by Crippen LogP contribution is -2.67. The summed E-state index contributed by atoms with van der Waals surface area (Å²) >= 11 is 0. The summed E-state index contributed by atoms with van der Waals surface area (Å²) in [4.78, 5) is 4.50. The molecule has 1 N–H and O–H groups in total.